The van der Waals surface area contributed by atoms with E-state index in [1.807, 2.05) is 0 Å². The highest BCUT2D eigenvalue weighted by atomic mass is 32.1. The maximum atomic E-state index is 13.2. The van der Waals surface area contributed by atoms with Crippen molar-refractivity contribution in [2.75, 3.05) is 7.11 Å². The molecule has 0 amide bonds. The Balaban J connectivity index is 2.36. The maximum Gasteiger partial charge on any atom is 0.305 e. The number of nitrogens with zero attached hydrogens (tertiary/aromatic N) is 1. The fourth-order valence-corrected chi connectivity index (χ4v) is 2.19. The Morgan fingerprint density at radius 1 is 1.50 bits per heavy atom. The third-order valence-corrected chi connectivity index (χ3v) is 3.26. The number of carbonyl (C=O) groups excluding carboxylic acids is 1. The Morgan fingerprint density at radius 2 is 2.25 bits per heavy atom. The van der Waals surface area contributed by atoms with Gasteiger partial charge in [-0.15, -0.1) is 0 Å². The number of H-pyrrole nitrogens is 1. The second-order valence-corrected chi connectivity index (χ2v) is 4.64. The van der Waals surface area contributed by atoms with Crippen molar-refractivity contribution in [2.24, 2.45) is 0 Å². The maximum absolute atomic E-state index is 13.2. The summed E-state index contributed by atoms with van der Waals surface area (Å²) in [6.07, 6.45) is 0.615. The van der Waals surface area contributed by atoms with E-state index in [-0.39, 0.29) is 34.7 Å². The molecule has 1 heterocycles. The fourth-order valence-electron chi connectivity index (χ4n) is 1.91. The molecule has 1 aromatic carbocycles. The lowest BCUT2D eigenvalue weighted by atomic mass is 10.2. The lowest BCUT2D eigenvalue weighted by Crippen LogP contribution is -2.22. The molecule has 0 aliphatic heterocycles. The lowest BCUT2D eigenvalue weighted by Gasteiger charge is -2.07. The van der Waals surface area contributed by atoms with E-state index in [9.17, 15) is 14.0 Å². The number of aromatic amines is 1. The Hall–Kier alpha value is -2.02. The van der Waals surface area contributed by atoms with Gasteiger partial charge in [0.2, 0.25) is 0 Å². The smallest absolute Gasteiger partial charge is 0.305 e. The van der Waals surface area contributed by atoms with Crippen molar-refractivity contribution in [3.05, 3.63) is 39.1 Å². The summed E-state index contributed by atoms with van der Waals surface area (Å²) in [5.74, 6) is -0.832. The first-order valence-electron chi connectivity index (χ1n) is 6.02. The van der Waals surface area contributed by atoms with Gasteiger partial charge in [-0.2, -0.15) is 0 Å². The van der Waals surface area contributed by atoms with Gasteiger partial charge in [0.05, 0.1) is 18.0 Å². The van der Waals surface area contributed by atoms with Gasteiger partial charge in [0.15, 0.2) is 4.77 Å². The molecule has 0 radical (unpaired) electrons. The molecule has 0 atom stereocenters. The van der Waals surface area contributed by atoms with Crippen molar-refractivity contribution in [3.8, 4) is 0 Å². The molecule has 1 N–H and O–H groups in total. The summed E-state index contributed by atoms with van der Waals surface area (Å²) < 4.78 is 19.3. The summed E-state index contributed by atoms with van der Waals surface area (Å²) >= 11 is 5.10. The Labute approximate surface area is 119 Å². The van der Waals surface area contributed by atoms with Gasteiger partial charge in [0.25, 0.3) is 5.56 Å². The minimum atomic E-state index is -0.485. The molecule has 2 aromatic rings. The standard InChI is InChI=1S/C13H13FN2O3S/c1-19-11(17)3-2-6-16-12(18)9-7-8(14)4-5-10(9)15-13(16)20/h4-5,7H,2-3,6H2,1H3,(H,15,20). The first kappa shape index (κ1) is 14.4. The molecule has 2 rings (SSSR count). The van der Waals surface area contributed by atoms with E-state index >= 15 is 0 Å². The van der Waals surface area contributed by atoms with E-state index in [0.717, 1.165) is 0 Å². The largest absolute Gasteiger partial charge is 0.469 e. The molecule has 5 nitrogen and oxygen atoms in total. The normalized spacial score (nSPS) is 10.7. The predicted molar refractivity (Wildman–Crippen MR) is 74.6 cm³/mol. The fraction of sp³-hybridized carbons (Fsp3) is 0.308. The quantitative estimate of drug-likeness (QED) is 0.693. The number of rotatable bonds is 4. The van der Waals surface area contributed by atoms with E-state index in [1.54, 1.807) is 0 Å². The number of carbonyl (C=O) groups is 1. The number of halogens is 1. The van der Waals surface area contributed by atoms with Crippen molar-refractivity contribution in [2.45, 2.75) is 19.4 Å². The number of benzene rings is 1. The highest BCUT2D eigenvalue weighted by molar-refractivity contribution is 7.71. The van der Waals surface area contributed by atoms with Crippen LogP contribution in [0.3, 0.4) is 0 Å². The van der Waals surface area contributed by atoms with Crippen LogP contribution in [0, 0.1) is 10.6 Å². The highest BCUT2D eigenvalue weighted by Gasteiger charge is 2.07. The average molecular weight is 296 g/mol. The third kappa shape index (κ3) is 2.93. The molecule has 20 heavy (non-hydrogen) atoms. The second-order valence-electron chi connectivity index (χ2n) is 4.26. The molecule has 0 unspecified atom stereocenters. The monoisotopic (exact) mass is 296 g/mol. The zero-order chi connectivity index (χ0) is 14.7. The Bertz CT molecular complexity index is 766. The first-order valence-corrected chi connectivity index (χ1v) is 6.43. The number of methoxy groups -OCH3 is 1. The van der Waals surface area contributed by atoms with Crippen LogP contribution in [0.1, 0.15) is 12.8 Å². The van der Waals surface area contributed by atoms with E-state index in [0.29, 0.717) is 11.9 Å². The molecule has 0 spiro atoms. The van der Waals surface area contributed by atoms with Gasteiger partial charge >= 0.3 is 5.97 Å². The lowest BCUT2D eigenvalue weighted by molar-refractivity contribution is -0.140. The minimum absolute atomic E-state index is 0.193. The molecule has 0 bridgehead atoms. The number of esters is 1. The SMILES string of the molecule is COC(=O)CCCn1c(=S)[nH]c2ccc(F)cc2c1=O. The predicted octanol–water partition coefficient (Wildman–Crippen LogP) is 2.15. The summed E-state index contributed by atoms with van der Waals surface area (Å²) in [5.41, 5.74) is 0.124. The Morgan fingerprint density at radius 3 is 2.95 bits per heavy atom. The third-order valence-electron chi connectivity index (χ3n) is 2.93. The van der Waals surface area contributed by atoms with Gasteiger partial charge in [-0.25, -0.2) is 4.39 Å². The molecule has 0 aliphatic carbocycles. The van der Waals surface area contributed by atoms with Crippen molar-refractivity contribution >= 4 is 29.1 Å². The zero-order valence-corrected chi connectivity index (χ0v) is 11.6. The Kier molecular flexibility index (Phi) is 4.29. The molecule has 1 aromatic heterocycles. The van der Waals surface area contributed by atoms with Crippen LogP contribution in [0.5, 0.6) is 0 Å². The van der Waals surface area contributed by atoms with E-state index in [4.69, 9.17) is 12.2 Å². The first-order chi connectivity index (χ1) is 9.52. The van der Waals surface area contributed by atoms with Crippen LogP contribution in [0.4, 0.5) is 4.39 Å². The van der Waals surface area contributed by atoms with Crippen LogP contribution in [0.2, 0.25) is 0 Å². The van der Waals surface area contributed by atoms with Crippen LogP contribution < -0.4 is 5.56 Å². The van der Waals surface area contributed by atoms with Crippen LogP contribution >= 0.6 is 12.2 Å². The number of hydrogen-bond donors (Lipinski definition) is 1. The molecule has 0 aliphatic rings. The molecule has 0 saturated carbocycles. The number of nitrogens with one attached hydrogen (secondary N) is 1. The zero-order valence-electron chi connectivity index (χ0n) is 10.8. The number of fused-ring (bicyclic) bond motifs is 1. The summed E-state index contributed by atoms with van der Waals surface area (Å²) in [6.45, 7) is 0.274. The molecule has 0 fully saturated rings. The van der Waals surface area contributed by atoms with Crippen LogP contribution in [-0.2, 0) is 16.1 Å². The van der Waals surface area contributed by atoms with E-state index in [2.05, 4.69) is 9.72 Å². The van der Waals surface area contributed by atoms with E-state index in [1.165, 1.54) is 29.9 Å². The second kappa shape index (κ2) is 5.96. The highest BCUT2D eigenvalue weighted by Crippen LogP contribution is 2.09. The molecular weight excluding hydrogens is 283 g/mol. The van der Waals surface area contributed by atoms with Gasteiger partial charge in [-0.3, -0.25) is 14.2 Å². The van der Waals surface area contributed by atoms with Gasteiger partial charge in [0.1, 0.15) is 5.82 Å². The molecular formula is C13H13FN2O3S. The summed E-state index contributed by atoms with van der Waals surface area (Å²) in [7, 11) is 1.31. The van der Waals surface area contributed by atoms with Crippen LogP contribution in [0.15, 0.2) is 23.0 Å². The molecule has 0 saturated heterocycles. The van der Waals surface area contributed by atoms with Crippen molar-refractivity contribution in [1.29, 1.82) is 0 Å². The number of ether oxygens (including phenoxy) is 1. The summed E-state index contributed by atoms with van der Waals surface area (Å²) in [5, 5.41) is 0.233. The van der Waals surface area contributed by atoms with Crippen molar-refractivity contribution in [3.63, 3.8) is 0 Å². The average Bonchev–Trinajstić information content (AvgIpc) is 2.43. The van der Waals surface area contributed by atoms with Crippen molar-refractivity contribution < 1.29 is 13.9 Å². The van der Waals surface area contributed by atoms with Gasteiger partial charge in [-0.05, 0) is 36.8 Å². The summed E-state index contributed by atoms with van der Waals surface area (Å²) in [6, 6.07) is 3.90. The van der Waals surface area contributed by atoms with Crippen LogP contribution in [0.25, 0.3) is 10.9 Å². The topological polar surface area (TPSA) is 64.1 Å². The number of hydrogen-bond acceptors (Lipinski definition) is 4. The van der Waals surface area contributed by atoms with Crippen molar-refractivity contribution in [1.82, 2.24) is 9.55 Å². The van der Waals surface area contributed by atoms with Gasteiger partial charge in [-0.1, -0.05) is 0 Å². The summed E-state index contributed by atoms with van der Waals surface area (Å²) in [4.78, 5) is 26.1. The van der Waals surface area contributed by atoms with E-state index < -0.39 is 5.82 Å². The minimum Gasteiger partial charge on any atom is -0.469 e. The molecule has 106 valence electrons. The van der Waals surface area contributed by atoms with Crippen LogP contribution in [-0.4, -0.2) is 22.6 Å². The number of aromatic nitrogens is 2. The van der Waals surface area contributed by atoms with Gasteiger partial charge in [0, 0.05) is 13.0 Å². The van der Waals surface area contributed by atoms with Gasteiger partial charge < -0.3 is 9.72 Å². The molecule has 7 heteroatoms.